The molecule has 1 aromatic rings. The van der Waals surface area contributed by atoms with Crippen molar-refractivity contribution in [1.82, 2.24) is 0 Å². The number of ketones is 1. The highest BCUT2D eigenvalue weighted by molar-refractivity contribution is 5.93. The van der Waals surface area contributed by atoms with Gasteiger partial charge in [-0.1, -0.05) is 51.3 Å². The van der Waals surface area contributed by atoms with Crippen LogP contribution < -0.4 is 4.90 Å². The summed E-state index contributed by atoms with van der Waals surface area (Å²) in [7, 11) is 2.16. The van der Waals surface area contributed by atoms with Gasteiger partial charge in [0.05, 0.1) is 18.3 Å². The van der Waals surface area contributed by atoms with Crippen LogP contribution in [-0.4, -0.2) is 74.8 Å². The van der Waals surface area contributed by atoms with Gasteiger partial charge in [0.1, 0.15) is 5.60 Å². The van der Waals surface area contributed by atoms with Crippen molar-refractivity contribution in [3.63, 3.8) is 0 Å². The smallest absolute Gasteiger partial charge is 0.303 e. The Hall–Kier alpha value is -2.96. The van der Waals surface area contributed by atoms with Gasteiger partial charge in [-0.25, -0.2) is 0 Å². The van der Waals surface area contributed by atoms with Gasteiger partial charge in [-0.15, -0.1) is 5.92 Å². The predicted molar refractivity (Wildman–Crippen MR) is 247 cm³/mol. The van der Waals surface area contributed by atoms with E-state index in [2.05, 4.69) is 75.7 Å². The van der Waals surface area contributed by atoms with Crippen molar-refractivity contribution in [2.24, 2.45) is 69.5 Å². The van der Waals surface area contributed by atoms with Crippen LogP contribution in [0.2, 0.25) is 0 Å². The first-order valence-electron chi connectivity index (χ1n) is 25.1. The van der Waals surface area contributed by atoms with E-state index in [1.165, 1.54) is 22.3 Å². The Morgan fingerprint density at radius 1 is 0.905 bits per heavy atom. The Bertz CT molecular complexity index is 2060. The summed E-state index contributed by atoms with van der Waals surface area (Å²) < 4.78 is 0. The topological polar surface area (TPSA) is 139 Å². The Morgan fingerprint density at radius 3 is 2.40 bits per heavy atom. The van der Waals surface area contributed by atoms with E-state index < -0.39 is 29.9 Å². The molecule has 9 rings (SSSR count). The number of benzene rings is 1. The summed E-state index contributed by atoms with van der Waals surface area (Å²) in [5.41, 5.74) is 4.94. The van der Waals surface area contributed by atoms with E-state index >= 15 is 0 Å². The number of carbonyl (C=O) groups is 2. The zero-order valence-electron chi connectivity index (χ0n) is 39.1. The lowest BCUT2D eigenvalue weighted by Crippen LogP contribution is -2.63. The van der Waals surface area contributed by atoms with Crippen LogP contribution in [0, 0.1) is 81.3 Å². The fraction of sp³-hybridized carbons (Fsp3) is 0.745. The van der Waals surface area contributed by atoms with Crippen LogP contribution in [0.5, 0.6) is 0 Å². The number of aliphatic hydroxyl groups excluding tert-OH is 3. The lowest BCUT2D eigenvalue weighted by atomic mass is 9.41. The van der Waals surface area contributed by atoms with E-state index in [4.69, 9.17) is 0 Å². The molecule has 0 aliphatic heterocycles. The zero-order valence-corrected chi connectivity index (χ0v) is 39.1. The number of carboxylic acids is 1. The molecule has 344 valence electrons. The van der Waals surface area contributed by atoms with Gasteiger partial charge in [-0.3, -0.25) is 9.59 Å². The molecule has 0 unspecified atom stereocenters. The normalized spacial score (nSPS) is 44.4. The molecule has 1 aromatic carbocycles. The SMILES string of the molecule is CC#C[C@]1(O)CC[C@H]2[C@@H]3CCC4=CC(=O)CCC4=C3[C@@H](c3ccc(N(C)CCC[C@H]4[C@H](O)CC[C@@]5(C)[C@@H]4C[C@@H](O)[C@@H]4[C@@H]5C[C@H](O)[C@]5(C)[C@@H]([C@H](C)CCC(=O)O)CC[C@@H]45)cc3)C[C@@]21C. The van der Waals surface area contributed by atoms with Gasteiger partial charge >= 0.3 is 5.97 Å². The second-order valence-electron chi connectivity index (χ2n) is 23.1. The molecule has 8 nitrogen and oxygen atoms in total. The van der Waals surface area contributed by atoms with Crippen molar-refractivity contribution in [3.8, 4) is 11.8 Å². The number of fused-ring (bicyclic) bond motifs is 9. The molecular weight excluding hydrogens is 787 g/mol. The summed E-state index contributed by atoms with van der Waals surface area (Å²) in [5, 5.41) is 57.4. The van der Waals surface area contributed by atoms with E-state index in [1.807, 2.05) is 13.0 Å². The first kappa shape index (κ1) is 45.2. The van der Waals surface area contributed by atoms with Gasteiger partial charge < -0.3 is 30.4 Å². The fourth-order valence-corrected chi connectivity index (χ4v) is 17.3. The molecule has 0 heterocycles. The van der Waals surface area contributed by atoms with Crippen LogP contribution >= 0.6 is 0 Å². The standard InChI is InChI=1S/C55H77NO7/c1-7-24-55(63)26-22-42-39-17-13-34-28-36(57)16-18-37(34)50(39)40(31-53(42,55)4)33-11-14-35(15-12-33)56(6)27-8-9-38-44-29-47(59)51-43-20-19-41(32(2)10-21-49(61)62)54(43,5)48(60)30-45(51)52(44,3)25-23-46(38)58/h11-12,14-15,28,32,38-48,51,58-60,63H,8-10,13,16-23,25-27,29-31H2,1-6H3,(H,61,62)/t32-,38-,39+,40-,41-,42+,43+,44-,45+,46-,47-,48+,51+,52+,53+,54-,55+/m1/s1. The predicted octanol–water partition coefficient (Wildman–Crippen LogP) is 9.25. The van der Waals surface area contributed by atoms with E-state index in [0.29, 0.717) is 43.9 Å². The summed E-state index contributed by atoms with van der Waals surface area (Å²) in [4.78, 5) is 26.3. The number of hydrogen-bond donors (Lipinski definition) is 5. The highest BCUT2D eigenvalue weighted by Crippen LogP contribution is 2.70. The minimum atomic E-state index is -0.997. The summed E-state index contributed by atoms with van der Waals surface area (Å²) in [5.74, 6) is 8.09. The molecule has 0 aromatic heterocycles. The quantitative estimate of drug-likeness (QED) is 0.147. The third kappa shape index (κ3) is 7.23. The van der Waals surface area contributed by atoms with Gasteiger partial charge in [0.15, 0.2) is 5.78 Å². The zero-order chi connectivity index (χ0) is 44.8. The minimum absolute atomic E-state index is 0.0598. The lowest BCUT2D eigenvalue weighted by Gasteiger charge is -2.65. The van der Waals surface area contributed by atoms with Crippen LogP contribution in [0.3, 0.4) is 0 Å². The first-order chi connectivity index (χ1) is 29.9. The van der Waals surface area contributed by atoms with Gasteiger partial charge in [-0.2, -0.15) is 0 Å². The maximum absolute atomic E-state index is 12.6. The lowest BCUT2D eigenvalue weighted by molar-refractivity contribution is -0.219. The highest BCUT2D eigenvalue weighted by Gasteiger charge is 2.67. The van der Waals surface area contributed by atoms with Crippen molar-refractivity contribution in [2.45, 2.75) is 174 Å². The monoisotopic (exact) mass is 864 g/mol. The fourth-order valence-electron chi connectivity index (χ4n) is 17.3. The van der Waals surface area contributed by atoms with Crippen LogP contribution in [0.1, 0.15) is 155 Å². The molecule has 0 spiro atoms. The molecule has 5 N–H and O–H groups in total. The number of anilines is 1. The number of rotatable bonds is 10. The maximum Gasteiger partial charge on any atom is 0.303 e. The Labute approximate surface area is 377 Å². The van der Waals surface area contributed by atoms with Crippen LogP contribution in [0.15, 0.2) is 47.1 Å². The molecule has 8 aliphatic rings. The van der Waals surface area contributed by atoms with Gasteiger partial charge in [-0.05, 0) is 202 Å². The average Bonchev–Trinajstić information content (AvgIpc) is 3.74. The number of nitrogens with zero attached hydrogens (tertiary/aromatic N) is 1. The van der Waals surface area contributed by atoms with E-state index in [9.17, 15) is 35.1 Å². The summed E-state index contributed by atoms with van der Waals surface area (Å²) in [6.07, 6.45) is 14.1. The van der Waals surface area contributed by atoms with Crippen molar-refractivity contribution in [2.75, 3.05) is 18.5 Å². The van der Waals surface area contributed by atoms with E-state index in [0.717, 1.165) is 82.9 Å². The van der Waals surface area contributed by atoms with E-state index in [-0.39, 0.29) is 75.8 Å². The van der Waals surface area contributed by atoms with Gasteiger partial charge in [0.2, 0.25) is 0 Å². The molecule has 0 bridgehead atoms. The summed E-state index contributed by atoms with van der Waals surface area (Å²) in [6, 6.07) is 9.12. The van der Waals surface area contributed by atoms with Gasteiger partial charge in [0, 0.05) is 43.5 Å². The van der Waals surface area contributed by atoms with E-state index in [1.54, 1.807) is 0 Å². The second-order valence-corrected chi connectivity index (χ2v) is 23.1. The number of allylic oxidation sites excluding steroid dienone is 4. The van der Waals surface area contributed by atoms with Crippen molar-refractivity contribution in [1.29, 1.82) is 0 Å². The molecule has 6 saturated carbocycles. The largest absolute Gasteiger partial charge is 0.481 e. The van der Waals surface area contributed by atoms with Crippen molar-refractivity contribution >= 4 is 17.4 Å². The minimum Gasteiger partial charge on any atom is -0.481 e. The third-order valence-electron chi connectivity index (χ3n) is 20.6. The Balaban J connectivity index is 0.891. The number of hydrogen-bond acceptors (Lipinski definition) is 7. The Kier molecular flexibility index (Phi) is 12.0. The molecule has 6 fully saturated rings. The van der Waals surface area contributed by atoms with Gasteiger partial charge in [0.25, 0.3) is 0 Å². The molecule has 63 heavy (non-hydrogen) atoms. The van der Waals surface area contributed by atoms with Crippen LogP contribution in [0.4, 0.5) is 5.69 Å². The third-order valence-corrected chi connectivity index (χ3v) is 20.6. The molecule has 8 aliphatic carbocycles. The van der Waals surface area contributed by atoms with Crippen molar-refractivity contribution < 1.29 is 35.1 Å². The number of carboxylic acid groups (broad SMARTS) is 1. The molecular formula is C55H77NO7. The Morgan fingerprint density at radius 2 is 1.67 bits per heavy atom. The molecule has 8 heteroatoms. The second kappa shape index (κ2) is 16.7. The molecule has 0 amide bonds. The maximum atomic E-state index is 12.6. The van der Waals surface area contributed by atoms with Crippen LogP contribution in [-0.2, 0) is 9.59 Å². The summed E-state index contributed by atoms with van der Waals surface area (Å²) >= 11 is 0. The average molecular weight is 864 g/mol. The molecule has 0 radical (unpaired) electrons. The van der Waals surface area contributed by atoms with Crippen LogP contribution in [0.25, 0.3) is 0 Å². The highest BCUT2D eigenvalue weighted by atomic mass is 16.4. The number of aliphatic carboxylic acids is 1. The number of carbonyl (C=O) groups excluding carboxylic acids is 1. The first-order valence-corrected chi connectivity index (χ1v) is 25.1. The van der Waals surface area contributed by atoms with Crippen molar-refractivity contribution in [3.05, 3.63) is 52.6 Å². The summed E-state index contributed by atoms with van der Waals surface area (Å²) in [6.45, 7) is 11.8. The molecule has 17 atom stereocenters. The number of aliphatic hydroxyl groups is 4. The molecule has 0 saturated heterocycles.